The Balaban J connectivity index is 1.50. The summed E-state index contributed by atoms with van der Waals surface area (Å²) in [5, 5.41) is 9.89. The highest BCUT2D eigenvalue weighted by Crippen LogP contribution is 2.45. The second-order valence-corrected chi connectivity index (χ2v) is 10.2. The molecule has 178 valence electrons. The number of hydrogen-bond acceptors (Lipinski definition) is 3. The van der Waals surface area contributed by atoms with Gasteiger partial charge in [0, 0.05) is 18.0 Å². The molecule has 0 amide bonds. The average molecular weight is 446 g/mol. The van der Waals surface area contributed by atoms with E-state index in [0.29, 0.717) is 5.92 Å². The fourth-order valence-electron chi connectivity index (χ4n) is 5.28. The molecule has 1 aliphatic carbocycles. The standard InChI is InChI=1S/C30H43N3/c1-3-5-7-9-11-19-30(24-31)20-17-27(18-21-30)26-13-15-28(16-14-26)29-32-22-25(23-33-29)12-10-8-6-4-2/h13-16,22-23,27H,3-12,17-21H2,1-2H3/t27-,30-. The van der Waals surface area contributed by atoms with Gasteiger partial charge in [-0.25, -0.2) is 9.97 Å². The first kappa shape index (κ1) is 25.4. The van der Waals surface area contributed by atoms with Crippen LogP contribution in [-0.4, -0.2) is 9.97 Å². The lowest BCUT2D eigenvalue weighted by molar-refractivity contribution is 0.223. The molecule has 3 rings (SSSR count). The zero-order valence-corrected chi connectivity index (χ0v) is 21.0. The first-order chi connectivity index (χ1) is 16.2. The second kappa shape index (κ2) is 13.5. The van der Waals surface area contributed by atoms with Crippen LogP contribution in [0.5, 0.6) is 0 Å². The summed E-state index contributed by atoms with van der Waals surface area (Å²) in [4.78, 5) is 9.24. The van der Waals surface area contributed by atoms with Crippen LogP contribution in [0.4, 0.5) is 0 Å². The Morgan fingerprint density at radius 1 is 0.848 bits per heavy atom. The van der Waals surface area contributed by atoms with Gasteiger partial charge in [0.15, 0.2) is 5.82 Å². The monoisotopic (exact) mass is 445 g/mol. The molecule has 1 fully saturated rings. The molecule has 1 aromatic heterocycles. The van der Waals surface area contributed by atoms with Gasteiger partial charge in [0.05, 0.1) is 11.5 Å². The van der Waals surface area contributed by atoms with E-state index in [-0.39, 0.29) is 5.41 Å². The molecule has 1 heterocycles. The van der Waals surface area contributed by atoms with Gasteiger partial charge in [0.2, 0.25) is 0 Å². The van der Waals surface area contributed by atoms with Gasteiger partial charge in [-0.15, -0.1) is 0 Å². The van der Waals surface area contributed by atoms with Gasteiger partial charge in [0.1, 0.15) is 0 Å². The number of benzene rings is 1. The Morgan fingerprint density at radius 2 is 1.45 bits per heavy atom. The Morgan fingerprint density at radius 3 is 2.06 bits per heavy atom. The topological polar surface area (TPSA) is 49.6 Å². The Kier molecular flexibility index (Phi) is 10.4. The van der Waals surface area contributed by atoms with E-state index in [2.05, 4.69) is 54.2 Å². The highest BCUT2D eigenvalue weighted by molar-refractivity contribution is 5.55. The molecule has 1 aromatic carbocycles. The first-order valence-electron chi connectivity index (χ1n) is 13.5. The van der Waals surface area contributed by atoms with Crippen LogP contribution in [0.15, 0.2) is 36.7 Å². The van der Waals surface area contributed by atoms with Crippen molar-refractivity contribution in [3.63, 3.8) is 0 Å². The van der Waals surface area contributed by atoms with E-state index < -0.39 is 0 Å². The van der Waals surface area contributed by atoms with Gasteiger partial charge in [0.25, 0.3) is 0 Å². The molecule has 1 aliphatic rings. The third-order valence-electron chi connectivity index (χ3n) is 7.60. The van der Waals surface area contributed by atoms with Gasteiger partial charge in [-0.2, -0.15) is 5.26 Å². The van der Waals surface area contributed by atoms with Crippen LogP contribution in [0.2, 0.25) is 0 Å². The number of aryl methyl sites for hydroxylation is 1. The highest BCUT2D eigenvalue weighted by Gasteiger charge is 2.35. The minimum Gasteiger partial charge on any atom is -0.236 e. The quantitative estimate of drug-likeness (QED) is 0.289. The van der Waals surface area contributed by atoms with E-state index in [1.54, 1.807) is 0 Å². The van der Waals surface area contributed by atoms with Crippen LogP contribution >= 0.6 is 0 Å². The predicted octanol–water partition coefficient (Wildman–Crippen LogP) is 8.79. The Labute approximate surface area is 202 Å². The van der Waals surface area contributed by atoms with Gasteiger partial charge in [-0.1, -0.05) is 89.5 Å². The van der Waals surface area contributed by atoms with Gasteiger partial charge in [-0.05, 0) is 62.0 Å². The SMILES string of the molecule is CCCCCCC[C@]1(C#N)CC[C@H](c2ccc(-c3ncc(CCCCCC)cn3)cc2)CC1. The molecule has 33 heavy (non-hydrogen) atoms. The van der Waals surface area contributed by atoms with E-state index in [4.69, 9.17) is 0 Å². The van der Waals surface area contributed by atoms with Crippen molar-refractivity contribution in [2.24, 2.45) is 5.41 Å². The second-order valence-electron chi connectivity index (χ2n) is 10.2. The molecule has 0 unspecified atom stereocenters. The summed E-state index contributed by atoms with van der Waals surface area (Å²) in [5.41, 5.74) is 3.65. The number of hydrogen-bond donors (Lipinski definition) is 0. The predicted molar refractivity (Wildman–Crippen MR) is 138 cm³/mol. The normalized spacial score (nSPS) is 20.5. The summed E-state index contributed by atoms with van der Waals surface area (Å²) >= 11 is 0. The van der Waals surface area contributed by atoms with Crippen LogP contribution < -0.4 is 0 Å². The Bertz CT molecular complexity index is 840. The maximum atomic E-state index is 9.89. The highest BCUT2D eigenvalue weighted by atomic mass is 14.9. The molecule has 0 radical (unpaired) electrons. The van der Waals surface area contributed by atoms with Crippen molar-refractivity contribution in [3.8, 4) is 17.5 Å². The zero-order chi connectivity index (χ0) is 23.4. The van der Waals surface area contributed by atoms with Crippen LogP contribution in [0, 0.1) is 16.7 Å². The van der Waals surface area contributed by atoms with Crippen LogP contribution in [-0.2, 0) is 6.42 Å². The minimum absolute atomic E-state index is 0.0746. The maximum Gasteiger partial charge on any atom is 0.159 e. The summed E-state index contributed by atoms with van der Waals surface area (Å²) < 4.78 is 0. The summed E-state index contributed by atoms with van der Waals surface area (Å²) in [6.07, 6.45) is 22.0. The van der Waals surface area contributed by atoms with E-state index in [1.807, 2.05) is 12.4 Å². The molecular formula is C30H43N3. The third-order valence-corrected chi connectivity index (χ3v) is 7.60. The maximum absolute atomic E-state index is 9.89. The molecule has 0 saturated heterocycles. The summed E-state index contributed by atoms with van der Waals surface area (Å²) in [5.74, 6) is 1.39. The van der Waals surface area contributed by atoms with Crippen molar-refractivity contribution in [1.29, 1.82) is 5.26 Å². The zero-order valence-electron chi connectivity index (χ0n) is 21.0. The molecule has 3 nitrogen and oxygen atoms in total. The lowest BCUT2D eigenvalue weighted by Crippen LogP contribution is -2.25. The smallest absolute Gasteiger partial charge is 0.159 e. The van der Waals surface area contributed by atoms with Crippen molar-refractivity contribution in [2.45, 2.75) is 116 Å². The number of nitriles is 1. The van der Waals surface area contributed by atoms with Gasteiger partial charge < -0.3 is 0 Å². The van der Waals surface area contributed by atoms with Crippen LogP contribution in [0.1, 0.15) is 121 Å². The Hall–Kier alpha value is -2.21. The van der Waals surface area contributed by atoms with Crippen molar-refractivity contribution in [3.05, 3.63) is 47.8 Å². The molecular weight excluding hydrogens is 402 g/mol. The van der Waals surface area contributed by atoms with E-state index >= 15 is 0 Å². The molecule has 3 heteroatoms. The van der Waals surface area contributed by atoms with Crippen molar-refractivity contribution < 1.29 is 0 Å². The fourth-order valence-corrected chi connectivity index (χ4v) is 5.28. The van der Waals surface area contributed by atoms with Crippen LogP contribution in [0.25, 0.3) is 11.4 Å². The molecule has 0 spiro atoms. The molecule has 0 bridgehead atoms. The number of aromatic nitrogens is 2. The number of nitrogens with zero attached hydrogens (tertiary/aromatic N) is 3. The fraction of sp³-hybridized carbons (Fsp3) is 0.633. The molecule has 0 N–H and O–H groups in total. The number of unbranched alkanes of at least 4 members (excludes halogenated alkanes) is 7. The lowest BCUT2D eigenvalue weighted by Gasteiger charge is -2.35. The number of rotatable bonds is 13. The van der Waals surface area contributed by atoms with Crippen LogP contribution in [0.3, 0.4) is 0 Å². The summed E-state index contributed by atoms with van der Waals surface area (Å²) in [6, 6.07) is 11.6. The molecule has 0 aliphatic heterocycles. The van der Waals surface area contributed by atoms with Gasteiger partial charge in [-0.3, -0.25) is 0 Å². The third kappa shape index (κ3) is 7.66. The summed E-state index contributed by atoms with van der Waals surface area (Å²) in [6.45, 7) is 4.50. The molecule has 2 aromatic rings. The van der Waals surface area contributed by atoms with E-state index in [1.165, 1.54) is 68.9 Å². The average Bonchev–Trinajstić information content (AvgIpc) is 2.87. The van der Waals surface area contributed by atoms with Gasteiger partial charge >= 0.3 is 0 Å². The summed E-state index contributed by atoms with van der Waals surface area (Å²) in [7, 11) is 0. The first-order valence-corrected chi connectivity index (χ1v) is 13.5. The molecule has 1 saturated carbocycles. The van der Waals surface area contributed by atoms with Crippen molar-refractivity contribution in [2.75, 3.05) is 0 Å². The van der Waals surface area contributed by atoms with Crippen molar-refractivity contribution >= 4 is 0 Å². The largest absolute Gasteiger partial charge is 0.236 e. The molecule has 0 atom stereocenters. The van der Waals surface area contributed by atoms with E-state index in [9.17, 15) is 5.26 Å². The van der Waals surface area contributed by atoms with Crippen molar-refractivity contribution in [1.82, 2.24) is 9.97 Å². The van der Waals surface area contributed by atoms with E-state index in [0.717, 1.165) is 49.9 Å². The minimum atomic E-state index is -0.0746. The lowest BCUT2D eigenvalue weighted by atomic mass is 9.67.